The molecule has 3 aromatic rings. The lowest BCUT2D eigenvalue weighted by molar-refractivity contribution is 0.0437. The maximum atomic E-state index is 12.7. The number of piperidine rings is 1. The van der Waals surface area contributed by atoms with Crippen LogP contribution in [-0.2, 0) is 15.7 Å². The Labute approximate surface area is 230 Å². The first-order valence-electron chi connectivity index (χ1n) is 12.8. The topological polar surface area (TPSA) is 97.4 Å². The van der Waals surface area contributed by atoms with Crippen molar-refractivity contribution in [2.24, 2.45) is 0 Å². The van der Waals surface area contributed by atoms with Crippen LogP contribution in [0.2, 0.25) is 0 Å². The first kappa shape index (κ1) is 26.7. The zero-order chi connectivity index (χ0) is 26.5. The zero-order valence-corrected chi connectivity index (χ0v) is 23.3. The van der Waals surface area contributed by atoms with Gasteiger partial charge in [-0.2, -0.15) is 0 Å². The summed E-state index contributed by atoms with van der Waals surface area (Å²) >= 11 is 1.53. The largest absolute Gasteiger partial charge is 0.460 e. The molecule has 200 valence electrons. The van der Waals surface area contributed by atoms with Gasteiger partial charge in [-0.15, -0.1) is 0 Å². The fraction of sp³-hybridized carbons (Fsp3) is 0.357. The number of hydrogen-bond donors (Lipinski definition) is 3. The van der Waals surface area contributed by atoms with Crippen LogP contribution in [0.4, 0.5) is 11.6 Å². The van der Waals surface area contributed by atoms with Gasteiger partial charge in [0.1, 0.15) is 27.7 Å². The van der Waals surface area contributed by atoms with Crippen molar-refractivity contribution in [2.45, 2.75) is 38.0 Å². The molecule has 3 heterocycles. The molecule has 38 heavy (non-hydrogen) atoms. The normalized spacial score (nSPS) is 19.3. The van der Waals surface area contributed by atoms with Gasteiger partial charge < -0.3 is 24.8 Å². The van der Waals surface area contributed by atoms with E-state index in [0.717, 1.165) is 57.9 Å². The molecule has 1 aromatic heterocycles. The average molecular weight is 552 g/mol. The molecule has 2 atom stereocenters. The maximum absolute atomic E-state index is 12.7. The van der Waals surface area contributed by atoms with Crippen LogP contribution in [0.25, 0.3) is 15.7 Å². The van der Waals surface area contributed by atoms with E-state index < -0.39 is 11.0 Å². The molecule has 2 aliphatic heterocycles. The van der Waals surface area contributed by atoms with Crippen molar-refractivity contribution in [2.75, 3.05) is 36.3 Å². The number of allylic oxidation sites excluding steroid dienone is 2. The van der Waals surface area contributed by atoms with Crippen LogP contribution in [0.1, 0.15) is 32.4 Å². The zero-order valence-electron chi connectivity index (χ0n) is 21.7. The minimum absolute atomic E-state index is 0.0122. The van der Waals surface area contributed by atoms with Crippen molar-refractivity contribution < 1.29 is 13.7 Å². The van der Waals surface area contributed by atoms with Crippen molar-refractivity contribution in [3.63, 3.8) is 0 Å². The second-order valence-electron chi connectivity index (χ2n) is 9.46. The Kier molecular flexibility index (Phi) is 8.63. The van der Waals surface area contributed by atoms with E-state index in [1.807, 2.05) is 56.3 Å². The fourth-order valence-electron chi connectivity index (χ4n) is 4.38. The lowest BCUT2D eigenvalue weighted by Crippen LogP contribution is -2.39. The summed E-state index contributed by atoms with van der Waals surface area (Å²) in [6.07, 6.45) is 4.00. The van der Waals surface area contributed by atoms with E-state index >= 15 is 0 Å². The molecular weight excluding hydrogens is 518 g/mol. The Morgan fingerprint density at radius 2 is 2.00 bits per heavy atom. The summed E-state index contributed by atoms with van der Waals surface area (Å²) < 4.78 is 27.5. The van der Waals surface area contributed by atoms with E-state index in [1.165, 1.54) is 11.8 Å². The highest BCUT2D eigenvalue weighted by atomic mass is 32.2. The molecular formula is C28H33N5O3S2. The standard InChI is InChI=1S/C28H33N5O3S2/c1-18(2)37-27(25-12-14-30-28(32-25)31-20-7-6-13-29-15-20)19(3)36-26-11-10-24(22-8-4-5-9-23(22)26)33-38(34)21-16-35-17-21/h4-5,8-12,14,20-21,29,33H,1,6-7,13,15-17H2,2-3H3,(H,30,31,32)/b27-19+. The minimum Gasteiger partial charge on any atom is -0.460 e. The van der Waals surface area contributed by atoms with Crippen molar-refractivity contribution in [3.05, 3.63) is 71.6 Å². The molecule has 2 aromatic carbocycles. The van der Waals surface area contributed by atoms with Gasteiger partial charge in [-0.1, -0.05) is 42.6 Å². The summed E-state index contributed by atoms with van der Waals surface area (Å²) in [6, 6.07) is 14.0. The molecule has 0 aliphatic carbocycles. The molecule has 0 radical (unpaired) electrons. The van der Waals surface area contributed by atoms with E-state index in [0.29, 0.717) is 36.7 Å². The second kappa shape index (κ2) is 12.3. The van der Waals surface area contributed by atoms with Crippen molar-refractivity contribution >= 4 is 50.1 Å². The monoisotopic (exact) mass is 551 g/mol. The summed E-state index contributed by atoms with van der Waals surface area (Å²) in [6.45, 7) is 11.0. The van der Waals surface area contributed by atoms with Crippen molar-refractivity contribution in [1.82, 2.24) is 15.3 Å². The average Bonchev–Trinajstić information content (AvgIpc) is 2.88. The summed E-state index contributed by atoms with van der Waals surface area (Å²) in [5.74, 6) is 2.03. The number of ether oxygens (including phenoxy) is 2. The molecule has 8 nitrogen and oxygen atoms in total. The van der Waals surface area contributed by atoms with Crippen LogP contribution in [-0.4, -0.2) is 51.8 Å². The summed E-state index contributed by atoms with van der Waals surface area (Å²) in [5.41, 5.74) is 1.58. The number of rotatable bonds is 10. The van der Waals surface area contributed by atoms with Crippen LogP contribution in [0.3, 0.4) is 0 Å². The highest BCUT2D eigenvalue weighted by molar-refractivity contribution is 8.11. The fourth-order valence-corrected chi connectivity index (χ4v) is 6.13. The van der Waals surface area contributed by atoms with E-state index in [2.05, 4.69) is 26.9 Å². The van der Waals surface area contributed by atoms with Gasteiger partial charge in [0.05, 0.1) is 29.5 Å². The van der Waals surface area contributed by atoms with Crippen LogP contribution in [0.15, 0.2) is 65.9 Å². The van der Waals surface area contributed by atoms with E-state index in [4.69, 9.17) is 14.5 Å². The molecule has 2 fully saturated rings. The minimum atomic E-state index is -1.21. The van der Waals surface area contributed by atoms with Gasteiger partial charge in [0.2, 0.25) is 5.95 Å². The first-order chi connectivity index (χ1) is 18.5. The molecule has 0 spiro atoms. The Balaban J connectivity index is 1.43. The van der Waals surface area contributed by atoms with E-state index in [9.17, 15) is 4.21 Å². The van der Waals surface area contributed by atoms with Crippen molar-refractivity contribution in [3.8, 4) is 5.75 Å². The number of nitrogens with one attached hydrogen (secondary N) is 3. The Hall–Kier alpha value is -2.92. The number of benzene rings is 2. The molecule has 0 amide bonds. The number of thioether (sulfide) groups is 1. The third-order valence-electron chi connectivity index (χ3n) is 6.38. The third kappa shape index (κ3) is 6.37. The van der Waals surface area contributed by atoms with E-state index in [1.54, 1.807) is 6.20 Å². The smallest absolute Gasteiger partial charge is 0.223 e. The lowest BCUT2D eigenvalue weighted by atomic mass is 10.1. The Morgan fingerprint density at radius 3 is 2.71 bits per heavy atom. The van der Waals surface area contributed by atoms with Crippen LogP contribution < -0.4 is 20.1 Å². The molecule has 5 rings (SSSR count). The van der Waals surface area contributed by atoms with Crippen molar-refractivity contribution in [1.29, 1.82) is 0 Å². The Bertz CT molecular complexity index is 1370. The number of hydrogen-bond acceptors (Lipinski definition) is 8. The summed E-state index contributed by atoms with van der Waals surface area (Å²) in [4.78, 5) is 11.1. The van der Waals surface area contributed by atoms with Crippen LogP contribution in [0, 0.1) is 0 Å². The third-order valence-corrected chi connectivity index (χ3v) is 8.73. The maximum Gasteiger partial charge on any atom is 0.223 e. The van der Waals surface area contributed by atoms with Gasteiger partial charge in [0.25, 0.3) is 0 Å². The van der Waals surface area contributed by atoms with Gasteiger partial charge in [0, 0.05) is 29.6 Å². The number of aromatic nitrogens is 2. The second-order valence-corrected chi connectivity index (χ2v) is 12.2. The molecule has 2 aliphatic rings. The predicted octanol–water partition coefficient (Wildman–Crippen LogP) is 5.30. The van der Waals surface area contributed by atoms with Gasteiger partial charge in [0.15, 0.2) is 0 Å². The molecule has 0 bridgehead atoms. The van der Waals surface area contributed by atoms with Gasteiger partial charge >= 0.3 is 0 Å². The van der Waals surface area contributed by atoms with Gasteiger partial charge in [-0.25, -0.2) is 14.2 Å². The number of fused-ring (bicyclic) bond motifs is 1. The predicted molar refractivity (Wildman–Crippen MR) is 157 cm³/mol. The number of anilines is 2. The summed E-state index contributed by atoms with van der Waals surface area (Å²) in [7, 11) is -1.21. The molecule has 2 saturated heterocycles. The van der Waals surface area contributed by atoms with Gasteiger partial charge in [-0.05, 0) is 56.3 Å². The van der Waals surface area contributed by atoms with Gasteiger partial charge in [-0.3, -0.25) is 0 Å². The molecule has 10 heteroatoms. The highest BCUT2D eigenvalue weighted by Gasteiger charge is 2.26. The lowest BCUT2D eigenvalue weighted by Gasteiger charge is -2.25. The first-order valence-corrected chi connectivity index (χ1v) is 14.8. The van der Waals surface area contributed by atoms with E-state index in [-0.39, 0.29) is 5.25 Å². The van der Waals surface area contributed by atoms with Crippen LogP contribution >= 0.6 is 11.8 Å². The Morgan fingerprint density at radius 1 is 1.18 bits per heavy atom. The SMILES string of the molecule is C=C(C)S/C(=C(\C)Oc1ccc(NS(=O)C2COC2)c2ccccc12)c1ccnc(NC2CCCNC2)n1. The van der Waals surface area contributed by atoms with Crippen LogP contribution in [0.5, 0.6) is 5.75 Å². The molecule has 3 N–H and O–H groups in total. The molecule has 0 saturated carbocycles. The molecule has 2 unspecified atom stereocenters. The highest BCUT2D eigenvalue weighted by Crippen LogP contribution is 2.38. The quantitative estimate of drug-likeness (QED) is 0.292. The number of nitrogens with zero attached hydrogens (tertiary/aromatic N) is 2. The summed E-state index contributed by atoms with van der Waals surface area (Å²) in [5, 5.41) is 8.75.